The van der Waals surface area contributed by atoms with Gasteiger partial charge in [-0.1, -0.05) is 35.3 Å². The zero-order valence-electron chi connectivity index (χ0n) is 17.4. The van der Waals surface area contributed by atoms with Gasteiger partial charge in [0.25, 0.3) is 5.91 Å². The van der Waals surface area contributed by atoms with Crippen molar-refractivity contribution in [3.8, 4) is 16.9 Å². The lowest BCUT2D eigenvalue weighted by atomic mass is 10.0. The first-order valence-corrected chi connectivity index (χ1v) is 10.9. The summed E-state index contributed by atoms with van der Waals surface area (Å²) in [7, 11) is 1.30. The summed E-state index contributed by atoms with van der Waals surface area (Å²) in [6, 6.07) is 13.9. The number of benzene rings is 2. The molecule has 1 amide bonds. The molecule has 5 nitrogen and oxygen atoms in total. The van der Waals surface area contributed by atoms with Crippen molar-refractivity contribution in [2.45, 2.75) is 26.4 Å². The Morgan fingerprint density at radius 1 is 1.03 bits per heavy atom. The second kappa shape index (κ2) is 9.30. The van der Waals surface area contributed by atoms with Gasteiger partial charge in [0.2, 0.25) is 0 Å². The molecule has 0 spiro atoms. The van der Waals surface area contributed by atoms with Crippen molar-refractivity contribution >= 4 is 51.4 Å². The van der Waals surface area contributed by atoms with Crippen LogP contribution in [0.4, 0.5) is 5.00 Å². The van der Waals surface area contributed by atoms with E-state index in [9.17, 15) is 9.59 Å². The topological polar surface area (TPSA) is 64.6 Å². The van der Waals surface area contributed by atoms with Crippen LogP contribution in [-0.2, 0) is 9.53 Å². The van der Waals surface area contributed by atoms with E-state index in [1.807, 2.05) is 13.0 Å². The molecule has 2 aromatic carbocycles. The van der Waals surface area contributed by atoms with Crippen LogP contribution in [0, 0.1) is 6.92 Å². The van der Waals surface area contributed by atoms with Crippen LogP contribution in [0.2, 0.25) is 10.0 Å². The Balaban J connectivity index is 1.95. The molecule has 0 aliphatic carbocycles. The third-order valence-corrected chi connectivity index (χ3v) is 6.06. The monoisotopic (exact) mass is 477 g/mol. The summed E-state index contributed by atoms with van der Waals surface area (Å²) in [6.45, 7) is 5.17. The zero-order chi connectivity index (χ0) is 22.8. The van der Waals surface area contributed by atoms with Crippen LogP contribution in [0.25, 0.3) is 11.1 Å². The summed E-state index contributed by atoms with van der Waals surface area (Å²) in [5.41, 5.74) is 0.503. The number of thiophene rings is 1. The molecule has 0 radical (unpaired) electrons. The highest BCUT2D eigenvalue weighted by Gasteiger charge is 2.33. The number of esters is 1. The second-order valence-corrected chi connectivity index (χ2v) is 9.36. The fraction of sp³-hybridized carbons (Fsp3) is 0.217. The van der Waals surface area contributed by atoms with Crippen LogP contribution < -0.4 is 10.1 Å². The van der Waals surface area contributed by atoms with Crippen LogP contribution >= 0.6 is 34.5 Å². The Morgan fingerprint density at radius 3 is 2.32 bits per heavy atom. The number of rotatable bonds is 6. The Hall–Kier alpha value is -2.54. The number of nitrogens with one attached hydrogen (secondary N) is 1. The fourth-order valence-electron chi connectivity index (χ4n) is 3.02. The Morgan fingerprint density at radius 2 is 1.71 bits per heavy atom. The summed E-state index contributed by atoms with van der Waals surface area (Å²) in [6.07, 6.45) is 0. The summed E-state index contributed by atoms with van der Waals surface area (Å²) in [5.74, 6) is -0.461. The maximum absolute atomic E-state index is 13.1. The molecular formula is C23H21Cl2NO4S. The van der Waals surface area contributed by atoms with Gasteiger partial charge in [-0.25, -0.2) is 4.79 Å². The molecule has 1 aromatic heterocycles. The average molecular weight is 478 g/mol. The molecule has 1 heterocycles. The van der Waals surface area contributed by atoms with Gasteiger partial charge in [-0.2, -0.15) is 0 Å². The lowest BCUT2D eigenvalue weighted by Crippen LogP contribution is -2.42. The van der Waals surface area contributed by atoms with E-state index < -0.39 is 17.5 Å². The smallest absolute Gasteiger partial charge is 0.341 e. The molecule has 3 aromatic rings. The Kier molecular flexibility index (Phi) is 6.94. The number of methoxy groups -OCH3 is 1. The SMILES string of the molecule is COC(=O)c1c(NC(=O)C(C)(C)Oc2ccc(Cl)cc2)sc(C)c1-c1cccc(Cl)c1. The van der Waals surface area contributed by atoms with Gasteiger partial charge in [-0.3, -0.25) is 4.79 Å². The molecule has 162 valence electrons. The number of hydrogen-bond donors (Lipinski definition) is 1. The van der Waals surface area contributed by atoms with Crippen LogP contribution in [0.5, 0.6) is 5.75 Å². The highest BCUT2D eigenvalue weighted by atomic mass is 35.5. The summed E-state index contributed by atoms with van der Waals surface area (Å²) in [5, 5.41) is 4.34. The van der Waals surface area contributed by atoms with Gasteiger partial charge < -0.3 is 14.8 Å². The van der Waals surface area contributed by atoms with Gasteiger partial charge in [0.05, 0.1) is 7.11 Å². The molecule has 31 heavy (non-hydrogen) atoms. The number of hydrogen-bond acceptors (Lipinski definition) is 5. The highest BCUT2D eigenvalue weighted by Crippen LogP contribution is 2.41. The number of carbonyl (C=O) groups excluding carboxylic acids is 2. The lowest BCUT2D eigenvalue weighted by molar-refractivity contribution is -0.128. The molecule has 0 aliphatic rings. The van der Waals surface area contributed by atoms with Gasteiger partial charge in [-0.15, -0.1) is 11.3 Å². The third kappa shape index (κ3) is 5.21. The van der Waals surface area contributed by atoms with E-state index >= 15 is 0 Å². The molecular weight excluding hydrogens is 457 g/mol. The second-order valence-electron chi connectivity index (χ2n) is 7.26. The minimum Gasteiger partial charge on any atom is -0.478 e. The zero-order valence-corrected chi connectivity index (χ0v) is 19.7. The van der Waals surface area contributed by atoms with Crippen LogP contribution in [-0.4, -0.2) is 24.6 Å². The van der Waals surface area contributed by atoms with E-state index in [1.54, 1.807) is 56.3 Å². The van der Waals surface area contributed by atoms with E-state index in [1.165, 1.54) is 18.4 Å². The van der Waals surface area contributed by atoms with E-state index in [4.69, 9.17) is 32.7 Å². The quantitative estimate of drug-likeness (QED) is 0.405. The maximum atomic E-state index is 13.1. The van der Waals surface area contributed by atoms with Gasteiger partial charge in [0.15, 0.2) is 5.60 Å². The maximum Gasteiger partial charge on any atom is 0.341 e. The van der Waals surface area contributed by atoms with Crippen molar-refractivity contribution in [2.24, 2.45) is 0 Å². The molecule has 3 rings (SSSR count). The number of carbonyl (C=O) groups is 2. The van der Waals surface area contributed by atoms with E-state index in [0.29, 0.717) is 26.4 Å². The van der Waals surface area contributed by atoms with Crippen molar-refractivity contribution in [1.29, 1.82) is 0 Å². The highest BCUT2D eigenvalue weighted by molar-refractivity contribution is 7.17. The van der Waals surface area contributed by atoms with Gasteiger partial charge in [0, 0.05) is 20.5 Å². The van der Waals surface area contributed by atoms with Crippen LogP contribution in [0.15, 0.2) is 48.5 Å². The first kappa shape index (κ1) is 23.1. The molecule has 8 heteroatoms. The van der Waals surface area contributed by atoms with E-state index in [0.717, 1.165) is 10.4 Å². The number of anilines is 1. The summed E-state index contributed by atoms with van der Waals surface area (Å²) in [4.78, 5) is 26.5. The van der Waals surface area contributed by atoms with Gasteiger partial charge in [-0.05, 0) is 62.7 Å². The molecule has 0 fully saturated rings. The van der Waals surface area contributed by atoms with Crippen molar-refractivity contribution in [2.75, 3.05) is 12.4 Å². The first-order valence-electron chi connectivity index (χ1n) is 9.36. The van der Waals surface area contributed by atoms with E-state index in [2.05, 4.69) is 5.32 Å². The molecule has 0 bridgehead atoms. The summed E-state index contributed by atoms with van der Waals surface area (Å²) < 4.78 is 10.9. The average Bonchev–Trinajstić information content (AvgIpc) is 3.04. The van der Waals surface area contributed by atoms with E-state index in [-0.39, 0.29) is 5.56 Å². The molecule has 0 aliphatic heterocycles. The Labute approximate surface area is 194 Å². The van der Waals surface area contributed by atoms with Crippen molar-refractivity contribution in [3.05, 3.63) is 69.0 Å². The normalized spacial score (nSPS) is 11.2. The Bertz CT molecular complexity index is 1120. The lowest BCUT2D eigenvalue weighted by Gasteiger charge is -2.25. The van der Waals surface area contributed by atoms with Crippen LogP contribution in [0.1, 0.15) is 29.1 Å². The first-order chi connectivity index (χ1) is 14.6. The fourth-order valence-corrected chi connectivity index (χ4v) is 4.39. The van der Waals surface area contributed by atoms with Gasteiger partial charge >= 0.3 is 5.97 Å². The molecule has 0 atom stereocenters. The third-order valence-electron chi connectivity index (χ3n) is 4.55. The van der Waals surface area contributed by atoms with Crippen molar-refractivity contribution < 1.29 is 19.1 Å². The van der Waals surface area contributed by atoms with Crippen LogP contribution in [0.3, 0.4) is 0 Å². The molecule has 0 saturated heterocycles. The predicted octanol–water partition coefficient (Wildman–Crippen LogP) is 6.61. The standard InChI is InChI=1S/C23H21Cl2NO4S/c1-13-18(14-6-5-7-16(25)12-14)19(21(27)29-4)20(31-13)26-22(28)23(2,3)30-17-10-8-15(24)9-11-17/h5-12H,1-4H3,(H,26,28). The predicted molar refractivity (Wildman–Crippen MR) is 126 cm³/mol. The van der Waals surface area contributed by atoms with Crippen molar-refractivity contribution in [3.63, 3.8) is 0 Å². The minimum atomic E-state index is -1.21. The van der Waals surface area contributed by atoms with Crippen molar-refractivity contribution in [1.82, 2.24) is 0 Å². The minimum absolute atomic E-state index is 0.280. The number of aryl methyl sites for hydroxylation is 1. The summed E-state index contributed by atoms with van der Waals surface area (Å²) >= 11 is 13.3. The largest absolute Gasteiger partial charge is 0.478 e. The molecule has 0 unspecified atom stereocenters. The molecule has 1 N–H and O–H groups in total. The number of ether oxygens (including phenoxy) is 2. The number of halogens is 2. The van der Waals surface area contributed by atoms with Gasteiger partial charge in [0.1, 0.15) is 16.3 Å². The number of amides is 1. The molecule has 0 saturated carbocycles.